The summed E-state index contributed by atoms with van der Waals surface area (Å²) in [7, 11) is 0. The van der Waals surface area contributed by atoms with Crippen molar-refractivity contribution in [2.75, 3.05) is 31.1 Å². The summed E-state index contributed by atoms with van der Waals surface area (Å²) in [4.78, 5) is 25.4. The summed E-state index contributed by atoms with van der Waals surface area (Å²) in [5, 5.41) is 10.0. The van der Waals surface area contributed by atoms with E-state index in [2.05, 4.69) is 39.3 Å². The van der Waals surface area contributed by atoms with Crippen molar-refractivity contribution in [2.45, 2.75) is 33.4 Å². The van der Waals surface area contributed by atoms with E-state index in [1.54, 1.807) is 6.20 Å². The Hall–Kier alpha value is -3.70. The second-order valence-electron chi connectivity index (χ2n) is 8.29. The average Bonchev–Trinajstić information content (AvgIpc) is 2.98. The largest absolute Gasteiger partial charge is 0.341 e. The first-order valence-electron chi connectivity index (χ1n) is 11.3. The second kappa shape index (κ2) is 9.04. The van der Waals surface area contributed by atoms with Crippen LogP contribution in [0.1, 0.15) is 24.7 Å². The number of aromatic nitrogens is 5. The third kappa shape index (κ3) is 4.08. The van der Waals surface area contributed by atoms with Crippen LogP contribution in [0, 0.1) is 18.8 Å². The fraction of sp³-hybridized carbons (Fsp3) is 0.360. The highest BCUT2D eigenvalue weighted by Crippen LogP contribution is 2.22. The smallest absolute Gasteiger partial charge is 0.293 e. The van der Waals surface area contributed by atoms with Crippen molar-refractivity contribution in [3.8, 4) is 11.8 Å². The summed E-state index contributed by atoms with van der Waals surface area (Å²) in [6, 6.07) is 10.2. The van der Waals surface area contributed by atoms with E-state index < -0.39 is 0 Å². The van der Waals surface area contributed by atoms with Crippen LogP contribution < -0.4 is 15.8 Å². The van der Waals surface area contributed by atoms with E-state index in [-0.39, 0.29) is 5.56 Å². The van der Waals surface area contributed by atoms with Gasteiger partial charge in [-0.15, -0.1) is 5.92 Å². The molecule has 0 amide bonds. The van der Waals surface area contributed by atoms with E-state index in [9.17, 15) is 4.79 Å². The lowest BCUT2D eigenvalue weighted by atomic mass is 10.1. The zero-order valence-corrected chi connectivity index (χ0v) is 19.0. The number of imidazole rings is 1. The molecule has 0 saturated carbocycles. The molecule has 33 heavy (non-hydrogen) atoms. The van der Waals surface area contributed by atoms with Crippen LogP contribution in [-0.2, 0) is 13.1 Å². The number of benzene rings is 1. The molecular weight excluding hydrogens is 414 g/mol. The molecule has 1 fully saturated rings. The van der Waals surface area contributed by atoms with Crippen LogP contribution in [-0.4, -0.2) is 50.5 Å². The first kappa shape index (κ1) is 21.2. The molecule has 1 aromatic carbocycles. The van der Waals surface area contributed by atoms with Gasteiger partial charge < -0.3 is 10.2 Å². The van der Waals surface area contributed by atoms with Crippen LogP contribution in [0.5, 0.6) is 0 Å². The van der Waals surface area contributed by atoms with Gasteiger partial charge in [0, 0.05) is 30.7 Å². The van der Waals surface area contributed by atoms with Crippen LogP contribution in [0.15, 0.2) is 41.3 Å². The van der Waals surface area contributed by atoms with Gasteiger partial charge in [-0.25, -0.2) is 9.67 Å². The number of rotatable bonds is 4. The Morgan fingerprint density at radius 1 is 1.15 bits per heavy atom. The van der Waals surface area contributed by atoms with Gasteiger partial charge in [0.25, 0.3) is 5.56 Å². The zero-order valence-electron chi connectivity index (χ0n) is 19.0. The zero-order chi connectivity index (χ0) is 22.8. The average molecular weight is 442 g/mol. The first-order valence-corrected chi connectivity index (χ1v) is 11.3. The number of pyridine rings is 1. The highest BCUT2D eigenvalue weighted by atomic mass is 16.1. The van der Waals surface area contributed by atoms with Crippen LogP contribution >= 0.6 is 0 Å². The molecule has 0 aliphatic carbocycles. The summed E-state index contributed by atoms with van der Waals surface area (Å²) in [5.74, 6) is 6.85. The molecule has 0 unspecified atom stereocenters. The molecule has 1 aliphatic heterocycles. The van der Waals surface area contributed by atoms with Crippen molar-refractivity contribution in [3.63, 3.8) is 0 Å². The highest BCUT2D eigenvalue weighted by molar-refractivity contribution is 5.85. The van der Waals surface area contributed by atoms with Gasteiger partial charge in [0.15, 0.2) is 0 Å². The molecule has 4 aromatic rings. The fourth-order valence-corrected chi connectivity index (χ4v) is 4.46. The molecule has 1 aliphatic rings. The summed E-state index contributed by atoms with van der Waals surface area (Å²) in [5.41, 5.74) is 2.71. The minimum Gasteiger partial charge on any atom is -0.341 e. The molecule has 8 nitrogen and oxygen atoms in total. The molecule has 3 aromatic heterocycles. The number of nitrogens with zero attached hydrogens (tertiary/aromatic N) is 6. The van der Waals surface area contributed by atoms with E-state index in [4.69, 9.17) is 9.97 Å². The van der Waals surface area contributed by atoms with Gasteiger partial charge in [0.1, 0.15) is 11.0 Å². The van der Waals surface area contributed by atoms with E-state index in [1.807, 2.05) is 36.6 Å². The number of hydrogen-bond acceptors (Lipinski definition) is 6. The minimum atomic E-state index is -0.176. The number of hydrogen-bond donors (Lipinski definition) is 1. The number of anilines is 1. The monoisotopic (exact) mass is 441 g/mol. The molecule has 0 bridgehead atoms. The third-order valence-electron chi connectivity index (χ3n) is 6.01. The SMILES string of the molecule is CC#CCn1c(N2CCCNCC2)nc2cnn(Cc3nc(C)cc4ccccc34)c(=O)c21. The normalized spacial score (nSPS) is 14.3. The van der Waals surface area contributed by atoms with Crippen LogP contribution in [0.25, 0.3) is 21.8 Å². The lowest BCUT2D eigenvalue weighted by Gasteiger charge is -2.21. The summed E-state index contributed by atoms with van der Waals surface area (Å²) < 4.78 is 3.43. The molecule has 168 valence electrons. The standard InChI is InChI=1S/C25H27N7O/c1-3-4-13-31-23-21(29-25(31)30-12-7-10-26-11-14-30)16-27-32(24(23)33)17-22-20-9-6-5-8-19(20)15-18(2)28-22/h5-6,8-9,15-16,26H,7,10-14,17H2,1-2H3. The van der Waals surface area contributed by atoms with Gasteiger partial charge in [-0.3, -0.25) is 14.3 Å². The van der Waals surface area contributed by atoms with E-state index in [0.29, 0.717) is 24.1 Å². The van der Waals surface area contributed by atoms with Crippen molar-refractivity contribution in [2.24, 2.45) is 0 Å². The minimum absolute atomic E-state index is 0.176. The Labute approximate surface area is 192 Å². The van der Waals surface area contributed by atoms with Crippen molar-refractivity contribution in [1.29, 1.82) is 0 Å². The van der Waals surface area contributed by atoms with Gasteiger partial charge in [-0.2, -0.15) is 5.10 Å². The molecule has 4 heterocycles. The summed E-state index contributed by atoms with van der Waals surface area (Å²) >= 11 is 0. The maximum atomic E-state index is 13.6. The van der Waals surface area contributed by atoms with E-state index >= 15 is 0 Å². The maximum absolute atomic E-state index is 13.6. The van der Waals surface area contributed by atoms with Crippen molar-refractivity contribution >= 4 is 27.8 Å². The Morgan fingerprint density at radius 2 is 2.03 bits per heavy atom. The number of fused-ring (bicyclic) bond motifs is 2. The summed E-state index contributed by atoms with van der Waals surface area (Å²) in [6.07, 6.45) is 2.71. The van der Waals surface area contributed by atoms with Gasteiger partial charge >= 0.3 is 0 Å². The summed E-state index contributed by atoms with van der Waals surface area (Å²) in [6.45, 7) is 8.08. The molecule has 8 heteroatoms. The number of aryl methyl sites for hydroxylation is 1. The van der Waals surface area contributed by atoms with E-state index in [1.165, 1.54) is 4.68 Å². The van der Waals surface area contributed by atoms with Crippen molar-refractivity contribution in [3.05, 3.63) is 58.3 Å². The quantitative estimate of drug-likeness (QED) is 0.490. The predicted octanol–water partition coefficient (Wildman–Crippen LogP) is 2.32. The van der Waals surface area contributed by atoms with Gasteiger partial charge in [-0.1, -0.05) is 30.2 Å². The van der Waals surface area contributed by atoms with Crippen molar-refractivity contribution < 1.29 is 0 Å². The third-order valence-corrected chi connectivity index (χ3v) is 6.01. The van der Waals surface area contributed by atoms with Crippen molar-refractivity contribution in [1.82, 2.24) is 29.6 Å². The highest BCUT2D eigenvalue weighted by Gasteiger charge is 2.21. The fourth-order valence-electron chi connectivity index (χ4n) is 4.46. The predicted molar refractivity (Wildman–Crippen MR) is 131 cm³/mol. The Kier molecular flexibility index (Phi) is 5.80. The maximum Gasteiger partial charge on any atom is 0.293 e. The molecule has 5 rings (SSSR count). The lowest BCUT2D eigenvalue weighted by molar-refractivity contribution is 0.633. The molecule has 0 atom stereocenters. The first-order chi connectivity index (χ1) is 16.2. The van der Waals surface area contributed by atoms with Crippen LogP contribution in [0.3, 0.4) is 0 Å². The van der Waals surface area contributed by atoms with Crippen LogP contribution in [0.4, 0.5) is 5.95 Å². The van der Waals surface area contributed by atoms with Crippen LogP contribution in [0.2, 0.25) is 0 Å². The van der Waals surface area contributed by atoms with Gasteiger partial charge in [0.2, 0.25) is 5.95 Å². The number of nitrogens with one attached hydrogen (secondary N) is 1. The van der Waals surface area contributed by atoms with E-state index in [0.717, 1.165) is 60.7 Å². The van der Waals surface area contributed by atoms with Gasteiger partial charge in [0.05, 0.1) is 25.0 Å². The van der Waals surface area contributed by atoms with Gasteiger partial charge in [-0.05, 0) is 38.3 Å². The molecule has 1 saturated heterocycles. The Balaban J connectivity index is 1.63. The molecular formula is C25H27N7O. The molecule has 1 N–H and O–H groups in total. The Morgan fingerprint density at radius 3 is 2.91 bits per heavy atom. The second-order valence-corrected chi connectivity index (χ2v) is 8.29. The molecule has 0 spiro atoms. The Bertz CT molecular complexity index is 1430. The topological polar surface area (TPSA) is 80.9 Å². The molecule has 0 radical (unpaired) electrons. The lowest BCUT2D eigenvalue weighted by Crippen LogP contribution is -2.31.